The number of hydrogen-bond donors (Lipinski definition) is 4. The fraction of sp³-hybridized carbons (Fsp3) is 0.476. The van der Waals surface area contributed by atoms with Crippen molar-refractivity contribution in [3.05, 3.63) is 35.4 Å². The van der Waals surface area contributed by atoms with Gasteiger partial charge in [0.15, 0.2) is 0 Å². The van der Waals surface area contributed by atoms with Gasteiger partial charge in [-0.15, -0.1) is 12.8 Å². The highest BCUT2D eigenvalue weighted by Crippen LogP contribution is 2.32. The van der Waals surface area contributed by atoms with Crippen molar-refractivity contribution in [3.8, 4) is 12.8 Å². The number of aliphatic hydroxyl groups is 2. The standard InChI is InChI=1S/C19H29N5O2S.C2H2/c1-5-12(2)27-18(20-4)16-13(3)22-19(21-8-9-25)24-17(16)23-15-7-6-14(10-15)11-26;1-2/h5,14-15,25-26H,1-2,6-11H2,3-4H3,(H2,21,22,23,24);1-2H/t14-,15+;/m1./s1. The Morgan fingerprint density at radius 2 is 2.07 bits per heavy atom. The maximum atomic E-state index is 9.41. The molecule has 7 nitrogen and oxygen atoms in total. The van der Waals surface area contributed by atoms with Crippen molar-refractivity contribution in [2.24, 2.45) is 10.9 Å². The first-order chi connectivity index (χ1) is 14.0. The van der Waals surface area contributed by atoms with Crippen LogP contribution in [0.25, 0.3) is 0 Å². The number of nitrogens with zero attached hydrogens (tertiary/aromatic N) is 3. The molecule has 4 N–H and O–H groups in total. The molecule has 1 fully saturated rings. The second kappa shape index (κ2) is 13.0. The molecular weight excluding hydrogens is 386 g/mol. The zero-order valence-corrected chi connectivity index (χ0v) is 18.0. The van der Waals surface area contributed by atoms with E-state index in [0.29, 0.717) is 24.2 Å². The van der Waals surface area contributed by atoms with Crippen LogP contribution in [0, 0.1) is 25.7 Å². The van der Waals surface area contributed by atoms with Gasteiger partial charge in [0.25, 0.3) is 0 Å². The van der Waals surface area contributed by atoms with E-state index in [1.165, 1.54) is 11.8 Å². The van der Waals surface area contributed by atoms with E-state index in [1.807, 2.05) is 6.92 Å². The van der Waals surface area contributed by atoms with Crippen molar-refractivity contribution in [2.75, 3.05) is 37.4 Å². The first-order valence-electron chi connectivity index (χ1n) is 9.42. The van der Waals surface area contributed by atoms with E-state index in [2.05, 4.69) is 51.6 Å². The van der Waals surface area contributed by atoms with Crippen LogP contribution < -0.4 is 10.6 Å². The summed E-state index contributed by atoms with van der Waals surface area (Å²) in [5, 5.41) is 25.8. The molecule has 0 unspecified atom stereocenters. The molecule has 8 heteroatoms. The summed E-state index contributed by atoms with van der Waals surface area (Å²) in [6.07, 6.45) is 12.6. The van der Waals surface area contributed by atoms with Crippen LogP contribution in [0.2, 0.25) is 0 Å². The maximum absolute atomic E-state index is 9.41. The van der Waals surface area contributed by atoms with Crippen molar-refractivity contribution in [3.63, 3.8) is 0 Å². The lowest BCUT2D eigenvalue weighted by Crippen LogP contribution is -2.21. The fourth-order valence-electron chi connectivity index (χ4n) is 3.12. The Labute approximate surface area is 177 Å². The minimum absolute atomic E-state index is 0.00437. The molecule has 158 valence electrons. The van der Waals surface area contributed by atoms with E-state index in [1.54, 1.807) is 13.1 Å². The van der Waals surface area contributed by atoms with Gasteiger partial charge in [-0.1, -0.05) is 31.0 Å². The third-order valence-corrected chi connectivity index (χ3v) is 5.51. The summed E-state index contributed by atoms with van der Waals surface area (Å²) >= 11 is 1.43. The van der Waals surface area contributed by atoms with Crippen LogP contribution in [0.3, 0.4) is 0 Å². The number of rotatable bonds is 9. The molecule has 1 aliphatic carbocycles. The number of terminal acetylenes is 1. The van der Waals surface area contributed by atoms with Gasteiger partial charge in [-0.3, -0.25) is 4.99 Å². The molecule has 0 amide bonds. The van der Waals surface area contributed by atoms with E-state index in [4.69, 9.17) is 5.11 Å². The lowest BCUT2D eigenvalue weighted by atomic mass is 10.1. The number of thioether (sulfide) groups is 1. The van der Waals surface area contributed by atoms with Crippen LogP contribution >= 0.6 is 11.8 Å². The summed E-state index contributed by atoms with van der Waals surface area (Å²) in [7, 11) is 1.73. The van der Waals surface area contributed by atoms with E-state index in [0.717, 1.165) is 40.5 Å². The van der Waals surface area contributed by atoms with Crippen molar-refractivity contribution in [1.82, 2.24) is 9.97 Å². The highest BCUT2D eigenvalue weighted by atomic mass is 32.2. The summed E-state index contributed by atoms with van der Waals surface area (Å²) in [6, 6.07) is 0.242. The summed E-state index contributed by atoms with van der Waals surface area (Å²) < 4.78 is 0. The number of aliphatic hydroxyl groups excluding tert-OH is 2. The molecule has 2 atom stereocenters. The van der Waals surface area contributed by atoms with Crippen LogP contribution in [-0.4, -0.2) is 58.1 Å². The van der Waals surface area contributed by atoms with E-state index < -0.39 is 0 Å². The number of aromatic nitrogens is 2. The Bertz CT molecular complexity index is 748. The maximum Gasteiger partial charge on any atom is 0.224 e. The average Bonchev–Trinajstić information content (AvgIpc) is 3.19. The summed E-state index contributed by atoms with van der Waals surface area (Å²) in [6.45, 7) is 10.2. The zero-order valence-electron chi connectivity index (χ0n) is 17.2. The largest absolute Gasteiger partial charge is 0.396 e. The van der Waals surface area contributed by atoms with Crippen molar-refractivity contribution >= 4 is 28.6 Å². The first-order valence-corrected chi connectivity index (χ1v) is 10.2. The summed E-state index contributed by atoms with van der Waals surface area (Å²) in [4.78, 5) is 14.4. The third kappa shape index (κ3) is 7.20. The van der Waals surface area contributed by atoms with Gasteiger partial charge in [0.05, 0.1) is 17.9 Å². The molecular formula is C21H31N5O2S. The highest BCUT2D eigenvalue weighted by molar-refractivity contribution is 8.17. The Hall–Kier alpha value is -2.34. The lowest BCUT2D eigenvalue weighted by molar-refractivity contribution is 0.229. The quantitative estimate of drug-likeness (QED) is 0.212. The first kappa shape index (κ1) is 24.7. The molecule has 1 aromatic rings. The van der Waals surface area contributed by atoms with Crippen molar-refractivity contribution < 1.29 is 10.2 Å². The molecule has 0 radical (unpaired) electrons. The number of aliphatic imine (C=N–C) groups is 1. The third-order valence-electron chi connectivity index (χ3n) is 4.50. The number of aryl methyl sites for hydroxylation is 1. The normalized spacial score (nSPS) is 18.5. The predicted molar refractivity (Wildman–Crippen MR) is 123 cm³/mol. The molecule has 0 aliphatic heterocycles. The Kier molecular flexibility index (Phi) is 11.1. The topological polar surface area (TPSA) is 103 Å². The molecule has 1 heterocycles. The second-order valence-corrected chi connectivity index (χ2v) is 7.63. The van der Waals surface area contributed by atoms with Gasteiger partial charge in [0.2, 0.25) is 5.95 Å². The van der Waals surface area contributed by atoms with E-state index in [9.17, 15) is 5.11 Å². The summed E-state index contributed by atoms with van der Waals surface area (Å²) in [5.74, 6) is 1.50. The van der Waals surface area contributed by atoms with Crippen LogP contribution in [0.1, 0.15) is 30.5 Å². The second-order valence-electron chi connectivity index (χ2n) is 6.51. The lowest BCUT2D eigenvalue weighted by Gasteiger charge is -2.20. The van der Waals surface area contributed by atoms with Gasteiger partial charge in [-0.2, -0.15) is 4.98 Å². The average molecular weight is 418 g/mol. The van der Waals surface area contributed by atoms with E-state index in [-0.39, 0.29) is 19.3 Å². The van der Waals surface area contributed by atoms with E-state index >= 15 is 0 Å². The number of anilines is 2. The Balaban J connectivity index is 0.00000204. The number of nitrogens with one attached hydrogen (secondary N) is 2. The smallest absolute Gasteiger partial charge is 0.224 e. The Morgan fingerprint density at radius 1 is 1.34 bits per heavy atom. The monoisotopic (exact) mass is 417 g/mol. The van der Waals surface area contributed by atoms with Crippen LogP contribution in [0.15, 0.2) is 29.1 Å². The van der Waals surface area contributed by atoms with Gasteiger partial charge >= 0.3 is 0 Å². The predicted octanol–water partition coefficient (Wildman–Crippen LogP) is 2.82. The molecule has 1 aliphatic rings. The van der Waals surface area contributed by atoms with Crippen LogP contribution in [-0.2, 0) is 0 Å². The molecule has 2 rings (SSSR count). The highest BCUT2D eigenvalue weighted by Gasteiger charge is 2.26. The molecule has 1 saturated carbocycles. The molecule has 29 heavy (non-hydrogen) atoms. The number of allylic oxidation sites excluding steroid dienone is 1. The minimum Gasteiger partial charge on any atom is -0.396 e. The van der Waals surface area contributed by atoms with Gasteiger partial charge in [0.1, 0.15) is 10.9 Å². The van der Waals surface area contributed by atoms with Crippen molar-refractivity contribution in [1.29, 1.82) is 0 Å². The molecule has 0 bridgehead atoms. The molecule has 0 aromatic carbocycles. The van der Waals surface area contributed by atoms with Crippen LogP contribution in [0.4, 0.5) is 11.8 Å². The number of hydrogen-bond acceptors (Lipinski definition) is 8. The summed E-state index contributed by atoms with van der Waals surface area (Å²) in [5.41, 5.74) is 1.63. The zero-order chi connectivity index (χ0) is 21.8. The SMILES string of the molecule is C#C.C=CC(=C)SC(=NC)c1c(C)nc(NCCO)nc1N[C@H]1CC[C@@H](CO)C1. The Morgan fingerprint density at radius 3 is 2.62 bits per heavy atom. The minimum atomic E-state index is 0.00437. The van der Waals surface area contributed by atoms with Gasteiger partial charge in [-0.05, 0) is 32.1 Å². The molecule has 0 spiro atoms. The van der Waals surface area contributed by atoms with Gasteiger partial charge in [0, 0.05) is 31.1 Å². The molecule has 1 aromatic heterocycles. The van der Waals surface area contributed by atoms with Crippen LogP contribution in [0.5, 0.6) is 0 Å². The molecule has 0 saturated heterocycles. The van der Waals surface area contributed by atoms with Gasteiger partial charge < -0.3 is 20.8 Å². The van der Waals surface area contributed by atoms with Crippen molar-refractivity contribution in [2.45, 2.75) is 32.2 Å². The van der Waals surface area contributed by atoms with Gasteiger partial charge in [-0.25, -0.2) is 4.98 Å². The fourth-order valence-corrected chi connectivity index (χ4v) is 3.89.